The molecule has 0 radical (unpaired) electrons. The van der Waals surface area contributed by atoms with E-state index < -0.39 is 5.41 Å². The van der Waals surface area contributed by atoms with E-state index in [2.05, 4.69) is 107 Å². The van der Waals surface area contributed by atoms with Crippen LogP contribution in [0, 0.1) is 0 Å². The number of carbonyl (C=O) groups excluding carboxylic acids is 1. The molecule has 7 nitrogen and oxygen atoms in total. The van der Waals surface area contributed by atoms with E-state index in [1.807, 2.05) is 72.8 Å². The number of rotatable bonds is 4. The predicted molar refractivity (Wildman–Crippen MR) is 213 cm³/mol. The monoisotopic (exact) mass is 710 g/mol. The van der Waals surface area contributed by atoms with Gasteiger partial charge in [0.2, 0.25) is 5.76 Å². The van der Waals surface area contributed by atoms with Crippen LogP contribution in [0.3, 0.4) is 0 Å². The van der Waals surface area contributed by atoms with Crippen LogP contribution in [0.5, 0.6) is 11.5 Å². The summed E-state index contributed by atoms with van der Waals surface area (Å²) in [5.41, 5.74) is 10.8. The van der Waals surface area contributed by atoms with Crippen LogP contribution in [0.4, 0.5) is 11.4 Å². The molecule has 9 aromatic rings. The van der Waals surface area contributed by atoms with E-state index in [0.717, 1.165) is 78.4 Å². The number of anilines is 2. The maximum atomic E-state index is 15.2. The normalized spacial score (nSPS) is 13.4. The second-order valence-corrected chi connectivity index (χ2v) is 13.8. The number of nitrogens with zero attached hydrogens (tertiary/aromatic N) is 4. The van der Waals surface area contributed by atoms with Gasteiger partial charge in [0.15, 0.2) is 0 Å². The maximum Gasteiger partial charge on any atom is 0.300 e. The minimum absolute atomic E-state index is 0.154. The van der Waals surface area contributed by atoms with E-state index in [-0.39, 0.29) is 11.7 Å². The molecule has 260 valence electrons. The fraction of sp³-hybridized carbons (Fsp3) is 0.0208. The van der Waals surface area contributed by atoms with Crippen molar-refractivity contribution in [3.63, 3.8) is 0 Å². The van der Waals surface area contributed by atoms with Gasteiger partial charge >= 0.3 is 5.91 Å². The third-order valence-corrected chi connectivity index (χ3v) is 10.9. The largest absolute Gasteiger partial charge is 0.457 e. The molecular formula is C48H30N4O3. The summed E-state index contributed by atoms with van der Waals surface area (Å²) in [5.74, 6) is 1.35. The Balaban J connectivity index is 1.19. The highest BCUT2D eigenvalue weighted by Crippen LogP contribution is 2.62. The maximum absolute atomic E-state index is 15.2. The van der Waals surface area contributed by atoms with Crippen LogP contribution in [0.1, 0.15) is 32.8 Å². The quantitative estimate of drug-likeness (QED) is 0.182. The molecule has 11 rings (SSSR count). The van der Waals surface area contributed by atoms with Crippen LogP contribution >= 0.6 is 0 Å². The van der Waals surface area contributed by atoms with Crippen LogP contribution in [0.15, 0.2) is 187 Å². The molecule has 0 aliphatic carbocycles. The molecule has 1 amide bonds. The molecule has 0 fully saturated rings. The Bertz CT molecular complexity index is 2810. The first-order valence-corrected chi connectivity index (χ1v) is 18.2. The van der Waals surface area contributed by atoms with E-state index in [9.17, 15) is 0 Å². The van der Waals surface area contributed by atoms with Crippen molar-refractivity contribution in [1.29, 1.82) is 0 Å². The number of benzene rings is 7. The average molecular weight is 711 g/mol. The van der Waals surface area contributed by atoms with Gasteiger partial charge in [-0.15, -0.1) is 5.10 Å². The summed E-state index contributed by atoms with van der Waals surface area (Å²) in [6.45, 7) is 0. The van der Waals surface area contributed by atoms with E-state index in [0.29, 0.717) is 5.69 Å². The lowest BCUT2D eigenvalue weighted by molar-refractivity contribution is 0.0971. The second kappa shape index (κ2) is 12.0. The van der Waals surface area contributed by atoms with Gasteiger partial charge in [-0.3, -0.25) is 9.69 Å². The van der Waals surface area contributed by atoms with Crippen molar-refractivity contribution in [2.24, 2.45) is 0 Å². The van der Waals surface area contributed by atoms with Crippen molar-refractivity contribution in [2.45, 2.75) is 5.41 Å². The number of hydrogen-bond donors (Lipinski definition) is 0. The van der Waals surface area contributed by atoms with Gasteiger partial charge in [-0.05, 0) is 81.9 Å². The molecule has 0 saturated carbocycles. The fourth-order valence-corrected chi connectivity index (χ4v) is 8.53. The highest BCUT2D eigenvalue weighted by Gasteiger charge is 2.52. The first-order chi connectivity index (χ1) is 27.2. The number of fused-ring (bicyclic) bond motifs is 9. The van der Waals surface area contributed by atoms with Gasteiger partial charge in [-0.1, -0.05) is 127 Å². The van der Waals surface area contributed by atoms with E-state index in [1.165, 1.54) is 6.26 Å². The number of carbonyl (C=O) groups is 1. The first kappa shape index (κ1) is 31.1. The number of para-hydroxylation sites is 3. The summed E-state index contributed by atoms with van der Waals surface area (Å²) < 4.78 is 14.6. The molecule has 2 aliphatic rings. The summed E-state index contributed by atoms with van der Waals surface area (Å²) in [4.78, 5) is 17.0. The Morgan fingerprint density at radius 3 is 1.67 bits per heavy atom. The molecule has 2 aliphatic heterocycles. The zero-order valence-corrected chi connectivity index (χ0v) is 29.3. The lowest BCUT2D eigenvalue weighted by atomic mass is 9.60. The molecule has 0 bridgehead atoms. The molecular weight excluding hydrogens is 681 g/mol. The lowest BCUT2D eigenvalue weighted by Gasteiger charge is -2.48. The molecule has 0 N–H and O–H groups in total. The summed E-state index contributed by atoms with van der Waals surface area (Å²) in [6.07, 6.45) is 1.53. The molecule has 2 aromatic heterocycles. The van der Waals surface area contributed by atoms with Crippen molar-refractivity contribution in [3.8, 4) is 39.4 Å². The summed E-state index contributed by atoms with van der Waals surface area (Å²) in [5, 5.41) is 8.77. The van der Waals surface area contributed by atoms with E-state index >= 15 is 4.79 Å². The molecule has 0 atom stereocenters. The fourth-order valence-electron chi connectivity index (χ4n) is 8.53. The molecule has 1 spiro atoms. The van der Waals surface area contributed by atoms with Crippen LogP contribution in [-0.2, 0) is 5.41 Å². The number of amides is 1. The number of ether oxygens (including phenoxy) is 1. The molecule has 55 heavy (non-hydrogen) atoms. The minimum Gasteiger partial charge on any atom is -0.457 e. The molecule has 7 heteroatoms. The van der Waals surface area contributed by atoms with E-state index in [4.69, 9.17) is 9.15 Å². The zero-order chi connectivity index (χ0) is 36.5. The number of hydrogen-bond acceptors (Lipinski definition) is 5. The Hall–Kier alpha value is -7.51. The standard InChI is InChI=1S/C48H30N4O3/c53-47(46-43(27-28-54-46)52-42-22-12-9-19-39(42)49-50-52)51-40-20-10-7-17-35(40)48(36-18-8-11-21-41(36)51)37-29-33(31-13-3-1-4-14-31)23-25-44(37)55-45-26-24-34(30-38(45)48)32-15-5-2-6-16-32/h1-30H. The van der Waals surface area contributed by atoms with E-state index in [1.54, 1.807) is 15.6 Å². The summed E-state index contributed by atoms with van der Waals surface area (Å²) in [7, 11) is 0. The van der Waals surface area contributed by atoms with Crippen molar-refractivity contribution in [1.82, 2.24) is 15.0 Å². The van der Waals surface area contributed by atoms with Crippen molar-refractivity contribution in [2.75, 3.05) is 4.90 Å². The Morgan fingerprint density at radius 1 is 0.509 bits per heavy atom. The van der Waals surface area contributed by atoms with Gasteiger partial charge in [-0.25, -0.2) is 4.68 Å². The first-order valence-electron chi connectivity index (χ1n) is 18.2. The molecule has 7 aromatic carbocycles. The molecule has 4 heterocycles. The Labute approximate surface area is 316 Å². The minimum atomic E-state index is -0.878. The Morgan fingerprint density at radius 2 is 1.05 bits per heavy atom. The number of furan rings is 1. The highest BCUT2D eigenvalue weighted by atomic mass is 16.5. The topological polar surface area (TPSA) is 73.4 Å². The third-order valence-electron chi connectivity index (χ3n) is 10.9. The SMILES string of the molecule is O=C(c1occc1-n1nnc2ccccc21)N1c2ccccc2C2(c3cc(-c4ccccc4)ccc3Oc3ccc(-c4ccccc4)cc32)c2ccccc21. The van der Waals surface area contributed by atoms with Gasteiger partial charge in [0.1, 0.15) is 22.7 Å². The zero-order valence-electron chi connectivity index (χ0n) is 29.3. The van der Waals surface area contributed by atoms with Crippen LogP contribution < -0.4 is 9.64 Å². The number of aromatic nitrogens is 3. The molecule has 0 unspecified atom stereocenters. The van der Waals surface area contributed by atoms with Crippen molar-refractivity contribution >= 4 is 28.3 Å². The van der Waals surface area contributed by atoms with Gasteiger partial charge in [0.25, 0.3) is 0 Å². The summed E-state index contributed by atoms with van der Waals surface area (Å²) >= 11 is 0. The second-order valence-electron chi connectivity index (χ2n) is 13.8. The predicted octanol–water partition coefficient (Wildman–Crippen LogP) is 11.1. The van der Waals surface area contributed by atoms with Crippen LogP contribution in [0.25, 0.3) is 39.0 Å². The third kappa shape index (κ3) is 4.53. The van der Waals surface area contributed by atoms with Gasteiger partial charge in [-0.2, -0.15) is 0 Å². The summed E-state index contributed by atoms with van der Waals surface area (Å²) in [6, 6.07) is 59.5. The Kier molecular flexibility index (Phi) is 6.78. The molecule has 0 saturated heterocycles. The van der Waals surface area contributed by atoms with Crippen molar-refractivity contribution in [3.05, 3.63) is 210 Å². The van der Waals surface area contributed by atoms with Crippen molar-refractivity contribution < 1.29 is 13.9 Å². The van der Waals surface area contributed by atoms with Gasteiger partial charge < -0.3 is 9.15 Å². The van der Waals surface area contributed by atoms with Crippen LogP contribution in [-0.4, -0.2) is 20.9 Å². The van der Waals surface area contributed by atoms with Gasteiger partial charge in [0, 0.05) is 17.2 Å². The average Bonchev–Trinajstić information content (AvgIpc) is 3.92. The lowest BCUT2D eigenvalue weighted by Crippen LogP contribution is -2.42. The van der Waals surface area contributed by atoms with Crippen LogP contribution in [0.2, 0.25) is 0 Å². The highest BCUT2D eigenvalue weighted by molar-refractivity contribution is 6.14. The smallest absolute Gasteiger partial charge is 0.300 e. The van der Waals surface area contributed by atoms with Gasteiger partial charge in [0.05, 0.1) is 28.6 Å².